The zero-order valence-corrected chi connectivity index (χ0v) is 27.7. The Morgan fingerprint density at radius 3 is 2.27 bits per heavy atom. The van der Waals surface area contributed by atoms with Gasteiger partial charge in [0.05, 0.1) is 6.10 Å². The van der Waals surface area contributed by atoms with Crippen LogP contribution in [-0.4, -0.2) is 56.5 Å². The van der Waals surface area contributed by atoms with Gasteiger partial charge in [0.2, 0.25) is 0 Å². The summed E-state index contributed by atoms with van der Waals surface area (Å²) in [6.45, 7) is 18.8. The van der Waals surface area contributed by atoms with Crippen molar-refractivity contribution in [3.63, 3.8) is 0 Å². The molecule has 0 saturated heterocycles. The van der Waals surface area contributed by atoms with Crippen molar-refractivity contribution in [2.24, 2.45) is 52.1 Å². The summed E-state index contributed by atoms with van der Waals surface area (Å²) in [5, 5.41) is 21.9. The van der Waals surface area contributed by atoms with Crippen molar-refractivity contribution < 1.29 is 5.11 Å². The standard InChI is InChI=1S/C36H68N4O/c1-26(2)10-6-11-27(3)30-12-13-31-34-32(15-17-36(30,31)5)35(4)16-14-29(41)24-28(35)25-33(34)40-23-9-22-39-21-8-20-38-19-7-18-37/h25-27,29-34,38-41H,6-24,37H2,1-5H3/t27-,29+,30-,31?,32?,33+,34?,35+,36-/m1/s1. The molecular formula is C36H68N4O. The van der Waals surface area contributed by atoms with Gasteiger partial charge in [-0.3, -0.25) is 0 Å². The molecule has 41 heavy (non-hydrogen) atoms. The highest BCUT2D eigenvalue weighted by atomic mass is 16.3. The summed E-state index contributed by atoms with van der Waals surface area (Å²) in [6, 6.07) is 0.472. The van der Waals surface area contributed by atoms with Crippen LogP contribution in [0.25, 0.3) is 0 Å². The van der Waals surface area contributed by atoms with Crippen LogP contribution in [-0.2, 0) is 0 Å². The van der Waals surface area contributed by atoms with E-state index < -0.39 is 0 Å². The van der Waals surface area contributed by atoms with Gasteiger partial charge < -0.3 is 26.8 Å². The Hall–Kier alpha value is -0.460. The highest BCUT2D eigenvalue weighted by Crippen LogP contribution is 2.67. The molecule has 0 spiro atoms. The molecule has 3 saturated carbocycles. The molecule has 3 fully saturated rings. The van der Waals surface area contributed by atoms with Gasteiger partial charge in [0, 0.05) is 6.04 Å². The fourth-order valence-electron chi connectivity index (χ4n) is 10.2. The van der Waals surface area contributed by atoms with Crippen molar-refractivity contribution in [1.29, 1.82) is 0 Å². The van der Waals surface area contributed by atoms with Crippen LogP contribution in [0.4, 0.5) is 0 Å². The maximum absolute atomic E-state index is 10.6. The highest BCUT2D eigenvalue weighted by molar-refractivity contribution is 5.29. The third kappa shape index (κ3) is 7.98. The van der Waals surface area contributed by atoms with Crippen LogP contribution in [0, 0.1) is 46.3 Å². The van der Waals surface area contributed by atoms with Gasteiger partial charge in [0.25, 0.3) is 0 Å². The second kappa shape index (κ2) is 15.5. The van der Waals surface area contributed by atoms with Crippen LogP contribution >= 0.6 is 0 Å². The first-order chi connectivity index (χ1) is 19.7. The minimum Gasteiger partial charge on any atom is -0.393 e. The Kier molecular flexibility index (Phi) is 12.6. The van der Waals surface area contributed by atoms with E-state index >= 15 is 0 Å². The third-order valence-corrected chi connectivity index (χ3v) is 12.5. The van der Waals surface area contributed by atoms with Crippen molar-refractivity contribution >= 4 is 0 Å². The molecule has 6 N–H and O–H groups in total. The molecule has 3 unspecified atom stereocenters. The average Bonchev–Trinajstić information content (AvgIpc) is 3.29. The first kappa shape index (κ1) is 33.4. The lowest BCUT2D eigenvalue weighted by molar-refractivity contribution is -0.0675. The van der Waals surface area contributed by atoms with E-state index in [1.165, 1.54) is 64.2 Å². The van der Waals surface area contributed by atoms with Crippen LogP contribution in [0.2, 0.25) is 0 Å². The second-order valence-electron chi connectivity index (χ2n) is 15.7. The molecule has 0 heterocycles. The van der Waals surface area contributed by atoms with Crippen LogP contribution in [0.3, 0.4) is 0 Å². The molecule has 0 amide bonds. The number of nitrogens with two attached hydrogens (primary N) is 1. The molecule has 0 aromatic heterocycles. The van der Waals surface area contributed by atoms with Crippen LogP contribution < -0.4 is 21.7 Å². The smallest absolute Gasteiger partial charge is 0.0577 e. The van der Waals surface area contributed by atoms with E-state index in [2.05, 4.69) is 56.6 Å². The minimum absolute atomic E-state index is 0.142. The average molecular weight is 573 g/mol. The summed E-state index contributed by atoms with van der Waals surface area (Å²) in [5.41, 5.74) is 7.94. The molecule has 0 aromatic rings. The molecule has 4 aliphatic rings. The van der Waals surface area contributed by atoms with Gasteiger partial charge in [-0.05, 0) is 150 Å². The molecule has 4 rings (SSSR count). The van der Waals surface area contributed by atoms with E-state index in [-0.39, 0.29) is 6.10 Å². The Morgan fingerprint density at radius 2 is 1.56 bits per heavy atom. The van der Waals surface area contributed by atoms with Gasteiger partial charge in [-0.15, -0.1) is 0 Å². The van der Waals surface area contributed by atoms with Gasteiger partial charge in [-0.1, -0.05) is 65.5 Å². The monoisotopic (exact) mass is 573 g/mol. The molecular weight excluding hydrogens is 504 g/mol. The SMILES string of the molecule is CC(C)CCC[C@@H](C)[C@H]1CCC2C3C(CC[C@@]21C)[C@@]1(C)CC[C@H](O)CC1=C[C@@H]3NCCCNCCCNCCCN. The lowest BCUT2D eigenvalue weighted by Gasteiger charge is -2.60. The molecule has 0 bridgehead atoms. The van der Waals surface area contributed by atoms with Crippen molar-refractivity contribution in [2.75, 3.05) is 39.3 Å². The Balaban J connectivity index is 1.38. The van der Waals surface area contributed by atoms with Gasteiger partial charge >= 0.3 is 0 Å². The third-order valence-electron chi connectivity index (χ3n) is 12.5. The van der Waals surface area contributed by atoms with E-state index in [9.17, 15) is 5.11 Å². The van der Waals surface area contributed by atoms with E-state index in [1.807, 2.05) is 0 Å². The molecule has 0 aliphatic heterocycles. The summed E-state index contributed by atoms with van der Waals surface area (Å²) >= 11 is 0. The molecule has 9 atom stereocenters. The largest absolute Gasteiger partial charge is 0.393 e. The lowest BCUT2D eigenvalue weighted by Crippen LogP contribution is -2.58. The molecule has 4 aliphatic carbocycles. The first-order valence-electron chi connectivity index (χ1n) is 17.9. The van der Waals surface area contributed by atoms with Gasteiger partial charge in [0.15, 0.2) is 0 Å². The van der Waals surface area contributed by atoms with Crippen LogP contribution in [0.15, 0.2) is 11.6 Å². The fraction of sp³-hybridized carbons (Fsp3) is 0.944. The number of fused-ring (bicyclic) bond motifs is 5. The summed E-state index contributed by atoms with van der Waals surface area (Å²) in [7, 11) is 0. The number of hydrogen-bond donors (Lipinski definition) is 5. The lowest BCUT2D eigenvalue weighted by atomic mass is 9.46. The maximum Gasteiger partial charge on any atom is 0.0577 e. The fourth-order valence-corrected chi connectivity index (χ4v) is 10.2. The molecule has 0 aromatic carbocycles. The zero-order valence-electron chi connectivity index (χ0n) is 27.7. The summed E-state index contributed by atoms with van der Waals surface area (Å²) in [5.74, 6) is 4.92. The van der Waals surface area contributed by atoms with Crippen LogP contribution in [0.1, 0.15) is 118 Å². The predicted molar refractivity (Wildman–Crippen MR) is 175 cm³/mol. The number of rotatable bonds is 17. The molecule has 5 nitrogen and oxygen atoms in total. The number of aliphatic hydroxyl groups is 1. The highest BCUT2D eigenvalue weighted by Gasteiger charge is 2.61. The van der Waals surface area contributed by atoms with Crippen molar-refractivity contribution in [3.05, 3.63) is 11.6 Å². The van der Waals surface area contributed by atoms with E-state index in [0.29, 0.717) is 16.9 Å². The number of hydrogen-bond acceptors (Lipinski definition) is 5. The molecule has 5 heteroatoms. The maximum atomic E-state index is 10.6. The van der Waals surface area contributed by atoms with Crippen molar-refractivity contribution in [1.82, 2.24) is 16.0 Å². The Morgan fingerprint density at radius 1 is 0.854 bits per heavy atom. The van der Waals surface area contributed by atoms with Crippen molar-refractivity contribution in [2.45, 2.75) is 130 Å². The Bertz CT molecular complexity index is 815. The molecule has 238 valence electrons. The first-order valence-corrected chi connectivity index (χ1v) is 17.9. The van der Waals surface area contributed by atoms with Crippen LogP contribution in [0.5, 0.6) is 0 Å². The summed E-state index contributed by atoms with van der Waals surface area (Å²) in [4.78, 5) is 0. The minimum atomic E-state index is -0.142. The van der Waals surface area contributed by atoms with E-state index in [4.69, 9.17) is 5.73 Å². The zero-order chi connectivity index (χ0) is 29.5. The normalized spacial score (nSPS) is 37.4. The van der Waals surface area contributed by atoms with Gasteiger partial charge in [0.1, 0.15) is 0 Å². The van der Waals surface area contributed by atoms with Gasteiger partial charge in [-0.25, -0.2) is 0 Å². The number of aliphatic hydroxyl groups excluding tert-OH is 1. The van der Waals surface area contributed by atoms with E-state index in [1.54, 1.807) is 5.57 Å². The Labute approximate surface area is 254 Å². The number of nitrogens with one attached hydrogen (secondary N) is 3. The van der Waals surface area contributed by atoms with E-state index in [0.717, 1.165) is 94.0 Å². The summed E-state index contributed by atoms with van der Waals surface area (Å²) < 4.78 is 0. The van der Waals surface area contributed by atoms with Crippen molar-refractivity contribution in [3.8, 4) is 0 Å². The summed E-state index contributed by atoms with van der Waals surface area (Å²) in [6.07, 6.45) is 18.9. The quantitative estimate of drug-likeness (QED) is 0.105. The molecule has 0 radical (unpaired) electrons. The second-order valence-corrected chi connectivity index (χ2v) is 15.7. The topological polar surface area (TPSA) is 82.3 Å². The van der Waals surface area contributed by atoms with Gasteiger partial charge in [-0.2, -0.15) is 0 Å². The predicted octanol–water partition coefficient (Wildman–Crippen LogP) is 6.27.